The quantitative estimate of drug-likeness (QED) is 0.799. The van der Waals surface area contributed by atoms with Crippen LogP contribution in [0.15, 0.2) is 18.2 Å². The monoisotopic (exact) mass is 192 g/mol. The normalized spacial score (nSPS) is 10.6. The van der Waals surface area contributed by atoms with Crippen LogP contribution >= 0.6 is 0 Å². The van der Waals surface area contributed by atoms with Crippen molar-refractivity contribution in [1.82, 2.24) is 0 Å². The Morgan fingerprint density at radius 1 is 1.43 bits per heavy atom. The molecule has 0 aliphatic heterocycles. The van der Waals surface area contributed by atoms with E-state index in [1.807, 2.05) is 26.0 Å². The summed E-state index contributed by atoms with van der Waals surface area (Å²) in [5.41, 5.74) is 1.63. The van der Waals surface area contributed by atoms with Gasteiger partial charge in [0.15, 0.2) is 0 Å². The van der Waals surface area contributed by atoms with Gasteiger partial charge in [0.1, 0.15) is 11.5 Å². The van der Waals surface area contributed by atoms with Crippen LogP contribution in [-0.2, 0) is 11.2 Å². The van der Waals surface area contributed by atoms with Crippen molar-refractivity contribution in [2.24, 2.45) is 0 Å². The van der Waals surface area contributed by atoms with E-state index in [1.54, 1.807) is 6.07 Å². The Morgan fingerprint density at radius 2 is 2.07 bits per heavy atom. The summed E-state index contributed by atoms with van der Waals surface area (Å²) in [6, 6.07) is 5.57. The molecule has 0 saturated carbocycles. The summed E-state index contributed by atoms with van der Waals surface area (Å²) >= 11 is 0. The molecule has 0 aliphatic carbocycles. The minimum atomic E-state index is 0.0706. The van der Waals surface area contributed by atoms with Crippen molar-refractivity contribution in [3.05, 3.63) is 29.3 Å². The fourth-order valence-corrected chi connectivity index (χ4v) is 1.49. The molecule has 0 spiro atoms. The minimum absolute atomic E-state index is 0.0706. The maximum absolute atomic E-state index is 10.9. The van der Waals surface area contributed by atoms with Crippen LogP contribution in [0.5, 0.6) is 5.75 Å². The highest BCUT2D eigenvalue weighted by Gasteiger charge is 2.10. The van der Waals surface area contributed by atoms with E-state index >= 15 is 0 Å². The molecule has 0 saturated heterocycles. The molecule has 1 N–H and O–H groups in total. The van der Waals surface area contributed by atoms with Gasteiger partial charge in [0.05, 0.1) is 0 Å². The number of ketones is 1. The van der Waals surface area contributed by atoms with E-state index in [1.165, 1.54) is 6.92 Å². The lowest BCUT2D eigenvalue weighted by Gasteiger charge is -2.11. The lowest BCUT2D eigenvalue weighted by atomic mass is 9.97. The van der Waals surface area contributed by atoms with Crippen LogP contribution < -0.4 is 0 Å². The van der Waals surface area contributed by atoms with Crippen LogP contribution in [0.3, 0.4) is 0 Å². The topological polar surface area (TPSA) is 37.3 Å². The third-order valence-corrected chi connectivity index (χ3v) is 2.21. The Kier molecular flexibility index (Phi) is 3.28. The number of benzene rings is 1. The van der Waals surface area contributed by atoms with Gasteiger partial charge in [-0.2, -0.15) is 0 Å². The van der Waals surface area contributed by atoms with Crippen LogP contribution in [0.1, 0.15) is 37.8 Å². The molecule has 2 heteroatoms. The highest BCUT2D eigenvalue weighted by molar-refractivity contribution is 5.79. The molecule has 2 nitrogen and oxygen atoms in total. The Labute approximate surface area is 84.6 Å². The molecule has 0 radical (unpaired) electrons. The van der Waals surface area contributed by atoms with E-state index in [4.69, 9.17) is 0 Å². The number of rotatable bonds is 3. The van der Waals surface area contributed by atoms with Crippen molar-refractivity contribution in [2.45, 2.75) is 33.1 Å². The standard InChI is InChI=1S/C12H16O2/c1-8(2)11-6-4-5-10(12(11)14)7-9(3)13/h4-6,8,14H,7H2,1-3H3. The van der Waals surface area contributed by atoms with Crippen molar-refractivity contribution in [3.8, 4) is 5.75 Å². The van der Waals surface area contributed by atoms with E-state index in [-0.39, 0.29) is 17.5 Å². The van der Waals surface area contributed by atoms with Crippen LogP contribution in [0.2, 0.25) is 0 Å². The third kappa shape index (κ3) is 2.34. The Morgan fingerprint density at radius 3 is 2.57 bits per heavy atom. The number of phenolic OH excluding ortho intramolecular Hbond substituents is 1. The average molecular weight is 192 g/mol. The van der Waals surface area contributed by atoms with Crippen molar-refractivity contribution < 1.29 is 9.90 Å². The molecule has 0 fully saturated rings. The van der Waals surface area contributed by atoms with E-state index in [9.17, 15) is 9.90 Å². The van der Waals surface area contributed by atoms with Gasteiger partial charge in [-0.1, -0.05) is 32.0 Å². The first kappa shape index (κ1) is 10.8. The number of Topliss-reactive ketones (excluding diaryl/α,β-unsaturated/α-hetero) is 1. The van der Waals surface area contributed by atoms with Gasteiger partial charge < -0.3 is 5.11 Å². The number of carbonyl (C=O) groups is 1. The number of aromatic hydroxyl groups is 1. The molecular formula is C12H16O2. The predicted molar refractivity (Wildman–Crippen MR) is 56.6 cm³/mol. The second-order valence-corrected chi connectivity index (χ2v) is 3.89. The summed E-state index contributed by atoms with van der Waals surface area (Å²) in [4.78, 5) is 10.9. The van der Waals surface area contributed by atoms with E-state index in [0.717, 1.165) is 11.1 Å². The zero-order chi connectivity index (χ0) is 10.7. The van der Waals surface area contributed by atoms with E-state index < -0.39 is 0 Å². The van der Waals surface area contributed by atoms with Gasteiger partial charge in [-0.25, -0.2) is 0 Å². The third-order valence-electron chi connectivity index (χ3n) is 2.21. The van der Waals surface area contributed by atoms with E-state index in [2.05, 4.69) is 0 Å². The van der Waals surface area contributed by atoms with Gasteiger partial charge in [-0.05, 0) is 18.4 Å². The largest absolute Gasteiger partial charge is 0.507 e. The SMILES string of the molecule is CC(=O)Cc1cccc(C(C)C)c1O. The number of hydrogen-bond donors (Lipinski definition) is 1. The molecule has 1 aromatic carbocycles. The van der Waals surface area contributed by atoms with Gasteiger partial charge in [0.25, 0.3) is 0 Å². The molecule has 0 unspecified atom stereocenters. The van der Waals surface area contributed by atoms with Crippen LogP contribution in [0.4, 0.5) is 0 Å². The Balaban J connectivity index is 3.07. The van der Waals surface area contributed by atoms with Gasteiger partial charge in [-0.3, -0.25) is 4.79 Å². The molecule has 76 valence electrons. The van der Waals surface area contributed by atoms with Crippen LogP contribution in [0.25, 0.3) is 0 Å². The Hall–Kier alpha value is -1.31. The maximum atomic E-state index is 10.9. The summed E-state index contributed by atoms with van der Waals surface area (Å²) in [6.45, 7) is 5.57. The maximum Gasteiger partial charge on any atom is 0.134 e. The Bertz CT molecular complexity index is 340. The summed E-state index contributed by atoms with van der Waals surface area (Å²) in [7, 11) is 0. The number of hydrogen-bond acceptors (Lipinski definition) is 2. The number of phenols is 1. The molecule has 0 heterocycles. The zero-order valence-electron chi connectivity index (χ0n) is 8.87. The molecule has 0 atom stereocenters. The first-order valence-corrected chi connectivity index (χ1v) is 4.82. The number of para-hydroxylation sites is 1. The first-order valence-electron chi connectivity index (χ1n) is 4.82. The molecular weight excluding hydrogens is 176 g/mol. The highest BCUT2D eigenvalue weighted by Crippen LogP contribution is 2.28. The number of carbonyl (C=O) groups excluding carboxylic acids is 1. The molecule has 0 bridgehead atoms. The molecule has 1 rings (SSSR count). The lowest BCUT2D eigenvalue weighted by molar-refractivity contribution is -0.116. The summed E-state index contributed by atoms with van der Waals surface area (Å²) in [6.07, 6.45) is 0.312. The molecule has 0 aromatic heterocycles. The van der Waals surface area contributed by atoms with Gasteiger partial charge in [-0.15, -0.1) is 0 Å². The predicted octanol–water partition coefficient (Wildman–Crippen LogP) is 2.65. The zero-order valence-corrected chi connectivity index (χ0v) is 8.87. The van der Waals surface area contributed by atoms with Gasteiger partial charge in [0, 0.05) is 12.0 Å². The van der Waals surface area contributed by atoms with Crippen molar-refractivity contribution in [1.29, 1.82) is 0 Å². The van der Waals surface area contributed by atoms with Gasteiger partial charge >= 0.3 is 0 Å². The average Bonchev–Trinajstić information content (AvgIpc) is 2.07. The molecule has 0 aliphatic rings. The smallest absolute Gasteiger partial charge is 0.134 e. The fraction of sp³-hybridized carbons (Fsp3) is 0.417. The van der Waals surface area contributed by atoms with E-state index in [0.29, 0.717) is 6.42 Å². The molecule has 1 aromatic rings. The summed E-state index contributed by atoms with van der Waals surface area (Å²) < 4.78 is 0. The van der Waals surface area contributed by atoms with Gasteiger partial charge in [0.2, 0.25) is 0 Å². The van der Waals surface area contributed by atoms with Crippen LogP contribution in [0, 0.1) is 0 Å². The van der Waals surface area contributed by atoms with Crippen molar-refractivity contribution in [2.75, 3.05) is 0 Å². The minimum Gasteiger partial charge on any atom is -0.507 e. The second kappa shape index (κ2) is 4.27. The fourth-order valence-electron chi connectivity index (χ4n) is 1.49. The van der Waals surface area contributed by atoms with Crippen LogP contribution in [-0.4, -0.2) is 10.9 Å². The van der Waals surface area contributed by atoms with Crippen molar-refractivity contribution >= 4 is 5.78 Å². The molecule has 14 heavy (non-hydrogen) atoms. The van der Waals surface area contributed by atoms with Crippen molar-refractivity contribution in [3.63, 3.8) is 0 Å². The first-order chi connectivity index (χ1) is 6.52. The lowest BCUT2D eigenvalue weighted by Crippen LogP contribution is -1.99. The summed E-state index contributed by atoms with van der Waals surface area (Å²) in [5.74, 6) is 0.626. The summed E-state index contributed by atoms with van der Waals surface area (Å²) in [5, 5.41) is 9.86. The highest BCUT2D eigenvalue weighted by atomic mass is 16.3. The second-order valence-electron chi connectivity index (χ2n) is 3.89. The molecule has 0 amide bonds.